The number of halogens is 1. The van der Waals surface area contributed by atoms with Crippen molar-refractivity contribution in [2.24, 2.45) is 11.3 Å². The normalized spacial score (nSPS) is 15.3. The molecule has 21 heavy (non-hydrogen) atoms. The molecule has 0 heterocycles. The molecule has 4 nitrogen and oxygen atoms in total. The Labute approximate surface area is 124 Å². The van der Waals surface area contributed by atoms with Gasteiger partial charge in [0.05, 0.1) is 11.5 Å². The van der Waals surface area contributed by atoms with E-state index in [1.54, 1.807) is 39.8 Å². The van der Waals surface area contributed by atoms with E-state index in [0.29, 0.717) is 0 Å². The Morgan fingerprint density at radius 1 is 1.24 bits per heavy atom. The molecule has 1 aromatic carbocycles. The number of carbonyl (C=O) groups is 2. The minimum absolute atomic E-state index is 0.0917. The van der Waals surface area contributed by atoms with E-state index in [4.69, 9.17) is 0 Å². The molecule has 1 amide bonds. The lowest BCUT2D eigenvalue weighted by Crippen LogP contribution is -2.39. The molecule has 1 aromatic rings. The molecule has 0 bridgehead atoms. The van der Waals surface area contributed by atoms with Gasteiger partial charge in [0.1, 0.15) is 5.82 Å². The zero-order chi connectivity index (χ0) is 16.2. The number of rotatable bonds is 6. The van der Waals surface area contributed by atoms with Gasteiger partial charge in [-0.05, 0) is 37.5 Å². The van der Waals surface area contributed by atoms with Crippen molar-refractivity contribution in [3.8, 4) is 0 Å². The molecule has 0 spiro atoms. The molecule has 116 valence electrons. The van der Waals surface area contributed by atoms with Crippen LogP contribution >= 0.6 is 0 Å². The largest absolute Gasteiger partial charge is 0.481 e. The van der Waals surface area contributed by atoms with Gasteiger partial charge in [0.25, 0.3) is 0 Å². The average molecular weight is 295 g/mol. The second-order valence-electron chi connectivity index (χ2n) is 5.89. The summed E-state index contributed by atoms with van der Waals surface area (Å²) in [6.45, 7) is 6.91. The van der Waals surface area contributed by atoms with Gasteiger partial charge < -0.3 is 10.4 Å². The molecule has 1 rings (SSSR count). The van der Waals surface area contributed by atoms with Crippen LogP contribution in [0.1, 0.15) is 45.7 Å². The fourth-order valence-electron chi connectivity index (χ4n) is 1.99. The summed E-state index contributed by atoms with van der Waals surface area (Å²) < 4.78 is 12.9. The lowest BCUT2D eigenvalue weighted by Gasteiger charge is -2.29. The van der Waals surface area contributed by atoms with Crippen molar-refractivity contribution in [1.29, 1.82) is 0 Å². The molecular weight excluding hydrogens is 273 g/mol. The van der Waals surface area contributed by atoms with Crippen LogP contribution in [0, 0.1) is 17.2 Å². The summed E-state index contributed by atoms with van der Waals surface area (Å²) in [5.74, 6) is -1.81. The highest BCUT2D eigenvalue weighted by Gasteiger charge is 2.38. The Balaban J connectivity index is 2.72. The van der Waals surface area contributed by atoms with Crippen molar-refractivity contribution in [2.45, 2.75) is 40.2 Å². The minimum atomic E-state index is -1.10. The van der Waals surface area contributed by atoms with Gasteiger partial charge >= 0.3 is 5.97 Å². The fraction of sp³-hybridized carbons (Fsp3) is 0.500. The molecule has 2 N–H and O–H groups in total. The number of carboxylic acid groups (broad SMARTS) is 1. The predicted molar refractivity (Wildman–Crippen MR) is 78.2 cm³/mol. The highest BCUT2D eigenvalue weighted by molar-refractivity contribution is 5.85. The second kappa shape index (κ2) is 6.70. The Bertz CT molecular complexity index is 513. The van der Waals surface area contributed by atoms with E-state index < -0.39 is 11.4 Å². The topological polar surface area (TPSA) is 66.4 Å². The molecule has 0 saturated carbocycles. The quantitative estimate of drug-likeness (QED) is 0.847. The first-order valence-corrected chi connectivity index (χ1v) is 6.95. The van der Waals surface area contributed by atoms with Crippen LogP contribution in [0.2, 0.25) is 0 Å². The third kappa shape index (κ3) is 4.28. The van der Waals surface area contributed by atoms with Gasteiger partial charge in [0, 0.05) is 6.42 Å². The average Bonchev–Trinajstić information content (AvgIpc) is 2.38. The summed E-state index contributed by atoms with van der Waals surface area (Å²) in [5.41, 5.74) is -0.335. The molecule has 5 heteroatoms. The van der Waals surface area contributed by atoms with Crippen LogP contribution in [0.3, 0.4) is 0 Å². The zero-order valence-electron chi connectivity index (χ0n) is 12.8. The van der Waals surface area contributed by atoms with Gasteiger partial charge in [-0.25, -0.2) is 4.39 Å². The van der Waals surface area contributed by atoms with Crippen molar-refractivity contribution in [3.63, 3.8) is 0 Å². The zero-order valence-corrected chi connectivity index (χ0v) is 12.8. The molecule has 0 fully saturated rings. The van der Waals surface area contributed by atoms with Gasteiger partial charge in [-0.2, -0.15) is 0 Å². The monoisotopic (exact) mass is 295 g/mol. The van der Waals surface area contributed by atoms with E-state index >= 15 is 0 Å². The maximum absolute atomic E-state index is 12.9. The van der Waals surface area contributed by atoms with E-state index in [1.807, 2.05) is 0 Å². The Hall–Kier alpha value is -1.91. The number of hydrogen-bond acceptors (Lipinski definition) is 2. The highest BCUT2D eigenvalue weighted by Crippen LogP contribution is 2.31. The first-order valence-electron chi connectivity index (χ1n) is 6.95. The third-order valence-electron chi connectivity index (χ3n) is 4.04. The summed E-state index contributed by atoms with van der Waals surface area (Å²) in [6.07, 6.45) is -0.0917. The number of amides is 1. The molecule has 1 unspecified atom stereocenters. The van der Waals surface area contributed by atoms with E-state index in [1.165, 1.54) is 12.1 Å². The number of carbonyl (C=O) groups excluding carboxylic acids is 1. The molecule has 0 aliphatic carbocycles. The fourth-order valence-corrected chi connectivity index (χ4v) is 1.99. The molecule has 2 atom stereocenters. The van der Waals surface area contributed by atoms with Gasteiger partial charge in [-0.3, -0.25) is 9.59 Å². The molecule has 0 aliphatic heterocycles. The van der Waals surface area contributed by atoms with Gasteiger partial charge in [0.15, 0.2) is 0 Å². The van der Waals surface area contributed by atoms with E-state index in [9.17, 15) is 19.1 Å². The number of carboxylic acids is 1. The van der Waals surface area contributed by atoms with Crippen LogP contribution in [0.5, 0.6) is 0 Å². The number of hydrogen-bond donors (Lipinski definition) is 2. The van der Waals surface area contributed by atoms with Crippen molar-refractivity contribution in [2.75, 3.05) is 0 Å². The SMILES string of the molecule is CC(C)C(C)(CC(=O)N[C@@H](C)c1ccc(F)cc1)C(=O)O. The van der Waals surface area contributed by atoms with Gasteiger partial charge in [0.2, 0.25) is 5.91 Å². The first-order chi connectivity index (χ1) is 9.66. The minimum Gasteiger partial charge on any atom is -0.481 e. The summed E-state index contributed by atoms with van der Waals surface area (Å²) in [6, 6.07) is 5.54. The Morgan fingerprint density at radius 2 is 1.76 bits per heavy atom. The van der Waals surface area contributed by atoms with Crippen LogP contribution in [0.4, 0.5) is 4.39 Å². The standard InChI is InChI=1S/C16H22FNO3/c1-10(2)16(4,15(20)21)9-14(19)18-11(3)12-5-7-13(17)8-6-12/h5-8,10-11H,9H2,1-4H3,(H,18,19)(H,20,21)/t11-,16?/m0/s1. The van der Waals surface area contributed by atoms with Crippen LogP contribution < -0.4 is 5.32 Å². The van der Waals surface area contributed by atoms with E-state index in [2.05, 4.69) is 5.32 Å². The van der Waals surface area contributed by atoms with Crippen molar-refractivity contribution < 1.29 is 19.1 Å². The third-order valence-corrected chi connectivity index (χ3v) is 4.04. The molecule has 0 radical (unpaired) electrons. The molecule has 0 aromatic heterocycles. The van der Waals surface area contributed by atoms with Crippen LogP contribution in [0.15, 0.2) is 24.3 Å². The van der Waals surface area contributed by atoms with Gasteiger partial charge in [-0.1, -0.05) is 26.0 Å². The van der Waals surface area contributed by atoms with E-state index in [-0.39, 0.29) is 30.1 Å². The first kappa shape index (κ1) is 17.1. The summed E-state index contributed by atoms with van der Waals surface area (Å²) >= 11 is 0. The predicted octanol–water partition coefficient (Wildman–Crippen LogP) is 3.14. The molecular formula is C16H22FNO3. The second-order valence-corrected chi connectivity index (χ2v) is 5.89. The van der Waals surface area contributed by atoms with Crippen molar-refractivity contribution in [3.05, 3.63) is 35.6 Å². The van der Waals surface area contributed by atoms with Crippen molar-refractivity contribution in [1.82, 2.24) is 5.32 Å². The van der Waals surface area contributed by atoms with Gasteiger partial charge in [-0.15, -0.1) is 0 Å². The Morgan fingerprint density at radius 3 is 2.19 bits per heavy atom. The maximum atomic E-state index is 12.9. The Kier molecular flexibility index (Phi) is 5.47. The highest BCUT2D eigenvalue weighted by atomic mass is 19.1. The van der Waals surface area contributed by atoms with Crippen LogP contribution in [0.25, 0.3) is 0 Å². The summed E-state index contributed by atoms with van der Waals surface area (Å²) in [7, 11) is 0. The smallest absolute Gasteiger partial charge is 0.310 e. The van der Waals surface area contributed by atoms with Crippen molar-refractivity contribution >= 4 is 11.9 Å². The molecule has 0 aliphatic rings. The van der Waals surface area contributed by atoms with E-state index in [0.717, 1.165) is 5.56 Å². The van der Waals surface area contributed by atoms with Crippen LogP contribution in [-0.2, 0) is 9.59 Å². The lowest BCUT2D eigenvalue weighted by molar-refractivity contribution is -0.153. The maximum Gasteiger partial charge on any atom is 0.310 e. The summed E-state index contributed by atoms with van der Waals surface area (Å²) in [4.78, 5) is 23.4. The lowest BCUT2D eigenvalue weighted by atomic mass is 9.76. The number of aliphatic carboxylic acids is 1. The molecule has 0 saturated heterocycles. The number of benzene rings is 1. The summed E-state index contributed by atoms with van der Waals surface area (Å²) in [5, 5.41) is 12.1. The van der Waals surface area contributed by atoms with Crippen LogP contribution in [-0.4, -0.2) is 17.0 Å². The number of nitrogens with one attached hydrogen (secondary N) is 1.